The van der Waals surface area contributed by atoms with E-state index in [1.165, 1.54) is 17.7 Å². The van der Waals surface area contributed by atoms with E-state index >= 15 is 0 Å². The van der Waals surface area contributed by atoms with E-state index in [1.54, 1.807) is 12.3 Å². The van der Waals surface area contributed by atoms with Crippen LogP contribution in [0.4, 0.5) is 0 Å². The summed E-state index contributed by atoms with van der Waals surface area (Å²) in [4.78, 5) is 13.0. The number of benzene rings is 1. The number of phenols is 1. The Morgan fingerprint density at radius 1 is 1.31 bits per heavy atom. The zero-order valence-electron chi connectivity index (χ0n) is 17.2. The number of aromatic hydroxyl groups is 1. The molecule has 0 radical (unpaired) electrons. The van der Waals surface area contributed by atoms with Crippen LogP contribution in [0.5, 0.6) is 11.7 Å². The van der Waals surface area contributed by atoms with E-state index in [1.807, 2.05) is 20.8 Å². The van der Waals surface area contributed by atoms with Crippen molar-refractivity contribution in [3.05, 3.63) is 69.3 Å². The van der Waals surface area contributed by atoms with Crippen LogP contribution in [0.3, 0.4) is 0 Å². The van der Waals surface area contributed by atoms with E-state index < -0.39 is 5.60 Å². The fourth-order valence-electron chi connectivity index (χ4n) is 4.03. The van der Waals surface area contributed by atoms with Gasteiger partial charge in [0.15, 0.2) is 5.43 Å². The SMILES string of the molecule is C/C(=C\CC[C@]1(C)Oc2oc3cc(O)ccc3c(=O)c2[C@@H]1C)Cc1cc(C)co1. The lowest BCUT2D eigenvalue weighted by Gasteiger charge is -2.27. The van der Waals surface area contributed by atoms with Gasteiger partial charge in [-0.2, -0.15) is 0 Å². The molecule has 0 unspecified atom stereocenters. The van der Waals surface area contributed by atoms with Gasteiger partial charge >= 0.3 is 0 Å². The van der Waals surface area contributed by atoms with Gasteiger partial charge in [-0.05, 0) is 57.4 Å². The van der Waals surface area contributed by atoms with E-state index in [-0.39, 0.29) is 23.0 Å². The van der Waals surface area contributed by atoms with Crippen molar-refractivity contribution in [1.29, 1.82) is 0 Å². The van der Waals surface area contributed by atoms with Crippen molar-refractivity contribution in [3.8, 4) is 11.7 Å². The lowest BCUT2D eigenvalue weighted by Crippen LogP contribution is -2.33. The van der Waals surface area contributed by atoms with Gasteiger partial charge in [-0.15, -0.1) is 0 Å². The molecule has 5 nitrogen and oxygen atoms in total. The maximum atomic E-state index is 13.0. The molecule has 2 atom stereocenters. The fourth-order valence-corrected chi connectivity index (χ4v) is 4.03. The predicted molar refractivity (Wildman–Crippen MR) is 112 cm³/mol. The van der Waals surface area contributed by atoms with Gasteiger partial charge in [-0.3, -0.25) is 4.79 Å². The van der Waals surface area contributed by atoms with E-state index in [2.05, 4.69) is 19.1 Å². The number of hydrogen-bond acceptors (Lipinski definition) is 5. The molecule has 1 aliphatic heterocycles. The van der Waals surface area contributed by atoms with E-state index in [9.17, 15) is 9.90 Å². The maximum absolute atomic E-state index is 13.0. The molecule has 3 heterocycles. The third-order valence-corrected chi connectivity index (χ3v) is 5.92. The van der Waals surface area contributed by atoms with Crippen LogP contribution < -0.4 is 10.2 Å². The summed E-state index contributed by atoms with van der Waals surface area (Å²) in [6.07, 6.45) is 6.34. The second kappa shape index (κ2) is 7.14. The Morgan fingerprint density at radius 2 is 2.10 bits per heavy atom. The van der Waals surface area contributed by atoms with Gasteiger partial charge in [0.2, 0.25) is 0 Å². The fraction of sp³-hybridized carbons (Fsp3) is 0.375. The van der Waals surface area contributed by atoms with Crippen molar-refractivity contribution in [3.63, 3.8) is 0 Å². The normalized spacial score (nSPS) is 21.4. The van der Waals surface area contributed by atoms with Gasteiger partial charge < -0.3 is 18.7 Å². The Balaban J connectivity index is 1.52. The van der Waals surface area contributed by atoms with E-state index in [0.717, 1.165) is 30.6 Å². The smallest absolute Gasteiger partial charge is 0.293 e. The molecule has 1 N–H and O–H groups in total. The summed E-state index contributed by atoms with van der Waals surface area (Å²) in [6, 6.07) is 6.60. The summed E-state index contributed by atoms with van der Waals surface area (Å²) in [5, 5.41) is 10.1. The summed E-state index contributed by atoms with van der Waals surface area (Å²) < 4.78 is 17.5. The number of hydrogen-bond donors (Lipinski definition) is 1. The number of ether oxygens (including phenoxy) is 1. The van der Waals surface area contributed by atoms with Crippen molar-refractivity contribution >= 4 is 11.0 Å². The zero-order chi connectivity index (χ0) is 20.8. The summed E-state index contributed by atoms with van der Waals surface area (Å²) in [5.74, 6) is 1.20. The molecule has 1 aliphatic rings. The first kappa shape index (κ1) is 19.4. The van der Waals surface area contributed by atoms with Gasteiger partial charge in [-0.1, -0.05) is 18.6 Å². The van der Waals surface area contributed by atoms with Crippen LogP contribution in [0.2, 0.25) is 0 Å². The molecule has 152 valence electrons. The van der Waals surface area contributed by atoms with Crippen LogP contribution >= 0.6 is 0 Å². The Labute approximate surface area is 169 Å². The minimum atomic E-state index is -0.525. The van der Waals surface area contributed by atoms with Gasteiger partial charge in [0, 0.05) is 18.4 Å². The van der Waals surface area contributed by atoms with Crippen molar-refractivity contribution in [1.82, 2.24) is 0 Å². The molecule has 5 heteroatoms. The highest BCUT2D eigenvalue weighted by molar-refractivity contribution is 5.79. The molecule has 4 rings (SSSR count). The monoisotopic (exact) mass is 394 g/mol. The van der Waals surface area contributed by atoms with Gasteiger partial charge in [0.25, 0.3) is 5.95 Å². The topological polar surface area (TPSA) is 72.8 Å². The highest BCUT2D eigenvalue weighted by Crippen LogP contribution is 2.46. The summed E-state index contributed by atoms with van der Waals surface area (Å²) >= 11 is 0. The molecule has 29 heavy (non-hydrogen) atoms. The first-order valence-corrected chi connectivity index (χ1v) is 9.95. The number of allylic oxidation sites excluding steroid dienone is 2. The molecule has 0 aliphatic carbocycles. The number of rotatable bonds is 5. The Hall–Kier alpha value is -2.95. The molecule has 0 fully saturated rings. The zero-order valence-corrected chi connectivity index (χ0v) is 17.2. The quantitative estimate of drug-likeness (QED) is 0.568. The molecule has 3 aromatic rings. The molecule has 0 amide bonds. The van der Waals surface area contributed by atoms with Crippen LogP contribution in [0.15, 0.2) is 55.8 Å². The van der Waals surface area contributed by atoms with E-state index in [4.69, 9.17) is 13.6 Å². The minimum Gasteiger partial charge on any atom is -0.508 e. The summed E-state index contributed by atoms with van der Waals surface area (Å²) in [7, 11) is 0. The Kier molecular flexibility index (Phi) is 4.77. The molecule has 0 saturated carbocycles. The lowest BCUT2D eigenvalue weighted by atomic mass is 9.83. The lowest BCUT2D eigenvalue weighted by molar-refractivity contribution is 0.0638. The third kappa shape index (κ3) is 3.57. The van der Waals surface area contributed by atoms with Gasteiger partial charge in [0.05, 0.1) is 17.2 Å². The average molecular weight is 394 g/mol. The molecule has 1 aromatic carbocycles. The van der Waals surface area contributed by atoms with Crippen LogP contribution in [0, 0.1) is 6.92 Å². The highest BCUT2D eigenvalue weighted by atomic mass is 16.6. The summed E-state index contributed by atoms with van der Waals surface area (Å²) in [6.45, 7) is 8.15. The third-order valence-electron chi connectivity index (χ3n) is 5.92. The van der Waals surface area contributed by atoms with Crippen LogP contribution in [0.25, 0.3) is 11.0 Å². The number of furan rings is 1. The average Bonchev–Trinajstić information content (AvgIpc) is 3.16. The van der Waals surface area contributed by atoms with Crippen molar-refractivity contribution in [2.45, 2.75) is 58.5 Å². The predicted octanol–water partition coefficient (Wildman–Crippen LogP) is 5.62. The number of fused-ring (bicyclic) bond motifs is 2. The maximum Gasteiger partial charge on any atom is 0.293 e. The largest absolute Gasteiger partial charge is 0.508 e. The van der Waals surface area contributed by atoms with Gasteiger partial charge in [-0.25, -0.2) is 0 Å². The van der Waals surface area contributed by atoms with Crippen LogP contribution in [-0.4, -0.2) is 10.7 Å². The molecular weight excluding hydrogens is 368 g/mol. The van der Waals surface area contributed by atoms with Crippen LogP contribution in [-0.2, 0) is 6.42 Å². The molecule has 0 saturated heterocycles. The van der Waals surface area contributed by atoms with Gasteiger partial charge in [0.1, 0.15) is 22.7 Å². The molecular formula is C24H26O5. The van der Waals surface area contributed by atoms with Crippen molar-refractivity contribution in [2.24, 2.45) is 0 Å². The molecule has 0 bridgehead atoms. The Morgan fingerprint density at radius 3 is 2.83 bits per heavy atom. The molecule has 2 aromatic heterocycles. The number of aryl methyl sites for hydroxylation is 1. The standard InChI is InChI=1S/C24H26O5/c1-14(10-18-11-15(2)13-27-18)6-5-9-24(4)16(3)21-22(26)19-8-7-17(25)12-20(19)28-23(21)29-24/h6-8,11-13,16,25H,5,9-10H2,1-4H3/b14-6+/t16-,24-/m0/s1. The van der Waals surface area contributed by atoms with Crippen molar-refractivity contribution in [2.75, 3.05) is 0 Å². The summed E-state index contributed by atoms with van der Waals surface area (Å²) in [5.41, 5.74) is 2.68. The number of phenolic OH excluding ortho intramolecular Hbond substituents is 1. The van der Waals surface area contributed by atoms with E-state index in [0.29, 0.717) is 16.5 Å². The second-order valence-corrected chi connectivity index (χ2v) is 8.31. The highest BCUT2D eigenvalue weighted by Gasteiger charge is 2.45. The first-order valence-electron chi connectivity index (χ1n) is 9.95. The van der Waals surface area contributed by atoms with Crippen LogP contribution in [0.1, 0.15) is 56.4 Å². The minimum absolute atomic E-state index is 0.0572. The van der Waals surface area contributed by atoms with Crippen molar-refractivity contribution < 1.29 is 18.7 Å². The first-order chi connectivity index (χ1) is 13.8. The molecule has 0 spiro atoms. The second-order valence-electron chi connectivity index (χ2n) is 8.31. The Bertz CT molecular complexity index is 1150.